The first-order chi connectivity index (χ1) is 12.2. The number of ether oxygens (including phenoxy) is 3. The Kier molecular flexibility index (Phi) is 4.75. The molecule has 3 saturated heterocycles. The van der Waals surface area contributed by atoms with Crippen LogP contribution in [-0.4, -0.2) is 78.3 Å². The molecule has 0 aromatic carbocycles. The molecule has 3 aliphatic heterocycles. The number of hydrogen-bond acceptors (Lipinski definition) is 6. The van der Waals surface area contributed by atoms with E-state index in [1.807, 2.05) is 4.90 Å². The summed E-state index contributed by atoms with van der Waals surface area (Å²) in [5, 5.41) is 4.14. The van der Waals surface area contributed by atoms with Gasteiger partial charge in [-0.05, 0) is 18.8 Å². The SMILES string of the molecule is Cn1cnc(C(=O)N2C[C@@H]3COC[C@]3(COCC3CCOCC3)C2)n1. The number of carbonyl (C=O) groups excluding carboxylic acids is 1. The van der Waals surface area contributed by atoms with E-state index in [0.717, 1.165) is 32.7 Å². The first-order valence-electron chi connectivity index (χ1n) is 9.04. The summed E-state index contributed by atoms with van der Waals surface area (Å²) >= 11 is 0. The first kappa shape index (κ1) is 16.9. The van der Waals surface area contributed by atoms with E-state index in [4.69, 9.17) is 14.2 Å². The zero-order valence-electron chi connectivity index (χ0n) is 14.7. The maximum atomic E-state index is 12.6. The first-order valence-corrected chi connectivity index (χ1v) is 9.04. The van der Waals surface area contributed by atoms with E-state index < -0.39 is 0 Å². The lowest BCUT2D eigenvalue weighted by Crippen LogP contribution is -2.38. The van der Waals surface area contributed by atoms with Crippen molar-refractivity contribution in [1.29, 1.82) is 0 Å². The van der Waals surface area contributed by atoms with Crippen molar-refractivity contribution < 1.29 is 19.0 Å². The number of carbonyl (C=O) groups is 1. The molecule has 3 aliphatic rings. The van der Waals surface area contributed by atoms with E-state index in [0.29, 0.717) is 44.7 Å². The fourth-order valence-corrected chi connectivity index (χ4v) is 4.11. The molecule has 0 unspecified atom stereocenters. The van der Waals surface area contributed by atoms with Gasteiger partial charge in [-0.3, -0.25) is 9.48 Å². The molecule has 25 heavy (non-hydrogen) atoms. The molecule has 1 aromatic rings. The zero-order valence-corrected chi connectivity index (χ0v) is 14.7. The lowest BCUT2D eigenvalue weighted by Gasteiger charge is -2.28. The summed E-state index contributed by atoms with van der Waals surface area (Å²) < 4.78 is 18.8. The smallest absolute Gasteiger partial charge is 0.293 e. The Bertz CT molecular complexity index is 616. The molecule has 0 aliphatic carbocycles. The van der Waals surface area contributed by atoms with Gasteiger partial charge >= 0.3 is 0 Å². The van der Waals surface area contributed by atoms with Crippen LogP contribution >= 0.6 is 0 Å². The van der Waals surface area contributed by atoms with Gasteiger partial charge in [-0.2, -0.15) is 0 Å². The second-order valence-corrected chi connectivity index (χ2v) is 7.57. The van der Waals surface area contributed by atoms with Gasteiger partial charge in [0.15, 0.2) is 0 Å². The highest BCUT2D eigenvalue weighted by atomic mass is 16.5. The Labute approximate surface area is 147 Å². The van der Waals surface area contributed by atoms with Gasteiger partial charge in [0.1, 0.15) is 6.33 Å². The van der Waals surface area contributed by atoms with Crippen LogP contribution in [-0.2, 0) is 21.3 Å². The maximum Gasteiger partial charge on any atom is 0.293 e. The molecule has 2 atom stereocenters. The number of hydrogen-bond donors (Lipinski definition) is 0. The summed E-state index contributed by atoms with van der Waals surface area (Å²) in [5.74, 6) is 1.08. The van der Waals surface area contributed by atoms with Gasteiger partial charge < -0.3 is 19.1 Å². The Hall–Kier alpha value is -1.51. The highest BCUT2D eigenvalue weighted by Gasteiger charge is 2.52. The molecule has 138 valence electrons. The average Bonchev–Trinajstić information content (AvgIpc) is 3.29. The largest absolute Gasteiger partial charge is 0.381 e. The standard InChI is InChI=1S/C17H26N4O4/c1-20-12-18-15(19-20)16(22)21-6-14-8-25-11-17(14,9-21)10-24-7-13-2-4-23-5-3-13/h12-14H,2-11H2,1H3/t14-,17-/m1/s1. The van der Waals surface area contributed by atoms with Gasteiger partial charge in [-0.25, -0.2) is 4.98 Å². The van der Waals surface area contributed by atoms with Gasteiger partial charge in [-0.15, -0.1) is 5.10 Å². The van der Waals surface area contributed by atoms with Gasteiger partial charge in [0, 0.05) is 51.3 Å². The number of rotatable bonds is 5. The Morgan fingerprint density at radius 3 is 3.00 bits per heavy atom. The third-order valence-corrected chi connectivity index (χ3v) is 5.68. The number of nitrogens with zero attached hydrogens (tertiary/aromatic N) is 4. The van der Waals surface area contributed by atoms with Crippen LogP contribution in [0, 0.1) is 17.3 Å². The van der Waals surface area contributed by atoms with E-state index in [9.17, 15) is 4.79 Å². The highest BCUT2D eigenvalue weighted by molar-refractivity contribution is 5.90. The third kappa shape index (κ3) is 3.43. The van der Waals surface area contributed by atoms with Gasteiger partial charge in [0.05, 0.1) is 19.8 Å². The van der Waals surface area contributed by atoms with Crippen LogP contribution in [0.25, 0.3) is 0 Å². The van der Waals surface area contributed by atoms with Crippen LogP contribution in [0.2, 0.25) is 0 Å². The normalized spacial score (nSPS) is 30.0. The fraction of sp³-hybridized carbons (Fsp3) is 0.824. The second-order valence-electron chi connectivity index (χ2n) is 7.57. The summed E-state index contributed by atoms with van der Waals surface area (Å²) in [4.78, 5) is 18.6. The van der Waals surface area contributed by atoms with Crippen molar-refractivity contribution >= 4 is 5.91 Å². The van der Waals surface area contributed by atoms with Crippen molar-refractivity contribution in [3.63, 3.8) is 0 Å². The summed E-state index contributed by atoms with van der Waals surface area (Å²) in [7, 11) is 1.77. The highest BCUT2D eigenvalue weighted by Crippen LogP contribution is 2.42. The number of amides is 1. The van der Waals surface area contributed by atoms with E-state index in [1.54, 1.807) is 18.1 Å². The molecule has 0 spiro atoms. The molecule has 0 radical (unpaired) electrons. The molecule has 8 nitrogen and oxygen atoms in total. The average molecular weight is 350 g/mol. The minimum atomic E-state index is -0.0983. The summed E-state index contributed by atoms with van der Waals surface area (Å²) in [6, 6.07) is 0. The molecule has 0 bridgehead atoms. The van der Waals surface area contributed by atoms with Crippen LogP contribution in [0.15, 0.2) is 6.33 Å². The molecule has 8 heteroatoms. The third-order valence-electron chi connectivity index (χ3n) is 5.68. The molecule has 1 aromatic heterocycles. The van der Waals surface area contributed by atoms with E-state index in [-0.39, 0.29) is 17.1 Å². The van der Waals surface area contributed by atoms with Crippen molar-refractivity contribution in [2.24, 2.45) is 24.3 Å². The van der Waals surface area contributed by atoms with E-state index >= 15 is 0 Å². The summed E-state index contributed by atoms with van der Waals surface area (Å²) in [5.41, 5.74) is -0.0877. The van der Waals surface area contributed by atoms with E-state index in [1.165, 1.54) is 0 Å². The number of aryl methyl sites for hydroxylation is 1. The quantitative estimate of drug-likeness (QED) is 0.762. The van der Waals surface area contributed by atoms with E-state index in [2.05, 4.69) is 10.1 Å². The maximum absolute atomic E-state index is 12.6. The molecule has 0 saturated carbocycles. The summed E-state index contributed by atoms with van der Waals surface area (Å²) in [6.45, 7) is 5.79. The van der Waals surface area contributed by atoms with Crippen LogP contribution in [0.5, 0.6) is 0 Å². The molecule has 1 amide bonds. The molecular formula is C17H26N4O4. The fourth-order valence-electron chi connectivity index (χ4n) is 4.11. The van der Waals surface area contributed by atoms with Crippen LogP contribution in [0.3, 0.4) is 0 Å². The summed E-state index contributed by atoms with van der Waals surface area (Å²) in [6.07, 6.45) is 3.70. The monoisotopic (exact) mass is 350 g/mol. The number of fused-ring (bicyclic) bond motifs is 1. The van der Waals surface area contributed by atoms with Crippen molar-refractivity contribution in [3.05, 3.63) is 12.2 Å². The van der Waals surface area contributed by atoms with Gasteiger partial charge in [0.2, 0.25) is 5.82 Å². The van der Waals surface area contributed by atoms with Crippen LogP contribution < -0.4 is 0 Å². The molecule has 0 N–H and O–H groups in total. The van der Waals surface area contributed by atoms with Gasteiger partial charge in [0.25, 0.3) is 5.91 Å². The van der Waals surface area contributed by atoms with Crippen LogP contribution in [0.1, 0.15) is 23.5 Å². The van der Waals surface area contributed by atoms with Crippen molar-refractivity contribution in [1.82, 2.24) is 19.7 Å². The van der Waals surface area contributed by atoms with Crippen molar-refractivity contribution in [2.75, 3.05) is 52.7 Å². The zero-order chi connectivity index (χ0) is 17.3. The number of aromatic nitrogens is 3. The van der Waals surface area contributed by atoms with Crippen LogP contribution in [0.4, 0.5) is 0 Å². The molecule has 4 rings (SSSR count). The topological polar surface area (TPSA) is 78.7 Å². The minimum Gasteiger partial charge on any atom is -0.381 e. The predicted molar refractivity (Wildman–Crippen MR) is 88.0 cm³/mol. The number of likely N-dealkylation sites (tertiary alicyclic amines) is 1. The molecular weight excluding hydrogens is 324 g/mol. The van der Waals surface area contributed by atoms with Gasteiger partial charge in [-0.1, -0.05) is 0 Å². The van der Waals surface area contributed by atoms with Crippen molar-refractivity contribution in [3.8, 4) is 0 Å². The predicted octanol–water partition coefficient (Wildman–Crippen LogP) is 0.347. The lowest BCUT2D eigenvalue weighted by atomic mass is 9.82. The minimum absolute atomic E-state index is 0.0877. The van der Waals surface area contributed by atoms with Crippen molar-refractivity contribution in [2.45, 2.75) is 12.8 Å². The Balaban J connectivity index is 1.36. The molecule has 4 heterocycles. The molecule has 3 fully saturated rings. The lowest BCUT2D eigenvalue weighted by molar-refractivity contribution is -0.0151. The second kappa shape index (κ2) is 7.01. The Morgan fingerprint density at radius 2 is 2.24 bits per heavy atom. The Morgan fingerprint density at radius 1 is 1.40 bits per heavy atom.